The van der Waals surface area contributed by atoms with Gasteiger partial charge in [-0.05, 0) is 29.3 Å². The molecule has 0 atom stereocenters. The third kappa shape index (κ3) is 4.92. The third-order valence-corrected chi connectivity index (χ3v) is 3.90. The van der Waals surface area contributed by atoms with Crippen molar-refractivity contribution < 1.29 is 13.5 Å². The second-order valence-corrected chi connectivity index (χ2v) is 6.18. The van der Waals surface area contributed by atoms with Crippen molar-refractivity contribution in [1.29, 1.82) is 0 Å². The lowest BCUT2D eigenvalue weighted by atomic mass is 10.0. The zero-order valence-electron chi connectivity index (χ0n) is 11.7. The highest BCUT2D eigenvalue weighted by molar-refractivity contribution is 9.10. The van der Waals surface area contributed by atoms with Gasteiger partial charge in [0.2, 0.25) is 0 Å². The normalized spacial score (nSPS) is 11.1. The van der Waals surface area contributed by atoms with Gasteiger partial charge in [-0.1, -0.05) is 56.1 Å². The molecule has 0 saturated heterocycles. The molecule has 0 aromatic heterocycles. The van der Waals surface area contributed by atoms with Gasteiger partial charge in [0.05, 0.1) is 0 Å². The van der Waals surface area contributed by atoms with Crippen molar-refractivity contribution in [1.82, 2.24) is 0 Å². The van der Waals surface area contributed by atoms with Crippen molar-refractivity contribution in [3.63, 3.8) is 0 Å². The molecule has 0 spiro atoms. The van der Waals surface area contributed by atoms with E-state index in [0.717, 1.165) is 16.1 Å². The van der Waals surface area contributed by atoms with Crippen LogP contribution < -0.4 is 4.74 Å². The molecule has 0 radical (unpaired) electrons. The molecule has 0 saturated carbocycles. The number of hydrogen-bond donors (Lipinski definition) is 0. The Morgan fingerprint density at radius 3 is 2.41 bits per heavy atom. The van der Waals surface area contributed by atoms with Gasteiger partial charge in [-0.2, -0.15) is 0 Å². The first-order valence-electron chi connectivity index (χ1n) is 6.66. The van der Waals surface area contributed by atoms with Crippen LogP contribution in [-0.2, 0) is 6.42 Å². The Morgan fingerprint density at radius 2 is 1.73 bits per heavy atom. The molecule has 0 aliphatic carbocycles. The fourth-order valence-corrected chi connectivity index (χ4v) is 2.44. The summed E-state index contributed by atoms with van der Waals surface area (Å²) in [6, 6.07) is 9.79. The molecule has 0 heterocycles. The Morgan fingerprint density at radius 1 is 1.00 bits per heavy atom. The summed E-state index contributed by atoms with van der Waals surface area (Å²) in [5.41, 5.74) is 1.22. The lowest BCUT2D eigenvalue weighted by molar-refractivity contribution is 0.338. The van der Waals surface area contributed by atoms with Gasteiger partial charge in [-0.3, -0.25) is 0 Å². The minimum atomic E-state index is -0.555. The Balaban J connectivity index is 2.11. The van der Waals surface area contributed by atoms with Gasteiger partial charge in [-0.15, -0.1) is 0 Å². The molecule has 0 unspecified atom stereocenters. The summed E-state index contributed by atoms with van der Waals surface area (Å²) in [7, 11) is 0. The van der Waals surface area contributed by atoms with Crippen LogP contribution in [0.2, 0.25) is 0 Å². The summed E-state index contributed by atoms with van der Waals surface area (Å²) in [6.45, 7) is 0.202. The van der Waals surface area contributed by atoms with E-state index in [-0.39, 0.29) is 12.4 Å². The number of halogens is 4. The average Bonchev–Trinajstić information content (AvgIpc) is 2.50. The van der Waals surface area contributed by atoms with E-state index in [1.54, 1.807) is 6.08 Å². The van der Waals surface area contributed by atoms with Gasteiger partial charge in [0.25, 0.3) is 0 Å². The van der Waals surface area contributed by atoms with Crippen LogP contribution in [0.25, 0.3) is 0 Å². The topological polar surface area (TPSA) is 9.23 Å². The lowest BCUT2D eigenvalue weighted by Crippen LogP contribution is -2.00. The van der Waals surface area contributed by atoms with E-state index in [1.165, 1.54) is 6.07 Å². The third-order valence-electron chi connectivity index (χ3n) is 3.00. The number of allylic oxidation sites excluding steroid dienone is 1. The highest BCUT2D eigenvalue weighted by atomic mass is 79.9. The van der Waals surface area contributed by atoms with Crippen LogP contribution in [0.1, 0.15) is 11.1 Å². The summed E-state index contributed by atoms with van der Waals surface area (Å²) >= 11 is 6.57. The maximum absolute atomic E-state index is 14.1. The van der Waals surface area contributed by atoms with Crippen LogP contribution in [0.3, 0.4) is 0 Å². The molecular formula is C17H14Br2F2O. The van der Waals surface area contributed by atoms with Crippen molar-refractivity contribution in [3.05, 3.63) is 75.8 Å². The first kappa shape index (κ1) is 17.2. The van der Waals surface area contributed by atoms with E-state index >= 15 is 0 Å². The van der Waals surface area contributed by atoms with Crippen molar-refractivity contribution in [2.75, 3.05) is 11.9 Å². The zero-order valence-corrected chi connectivity index (χ0v) is 14.8. The quantitative estimate of drug-likeness (QED) is 0.424. The first-order valence-corrected chi connectivity index (χ1v) is 8.57. The van der Waals surface area contributed by atoms with Crippen LogP contribution in [0.4, 0.5) is 8.78 Å². The molecule has 2 aromatic rings. The molecule has 0 aliphatic heterocycles. The summed E-state index contributed by atoms with van der Waals surface area (Å²) in [6.07, 6.45) is 3.90. The maximum Gasteiger partial charge on any atom is 0.165 e. The predicted octanol–water partition coefficient (Wildman–Crippen LogP) is 5.65. The van der Waals surface area contributed by atoms with E-state index in [1.807, 2.05) is 30.3 Å². The number of rotatable bonds is 6. The number of benzene rings is 2. The van der Waals surface area contributed by atoms with Crippen molar-refractivity contribution in [2.24, 2.45) is 0 Å². The molecule has 22 heavy (non-hydrogen) atoms. The van der Waals surface area contributed by atoms with Crippen LogP contribution >= 0.6 is 31.9 Å². The molecule has 0 aliphatic rings. The van der Waals surface area contributed by atoms with Gasteiger partial charge in [0.1, 0.15) is 12.4 Å². The van der Waals surface area contributed by atoms with E-state index in [9.17, 15) is 8.78 Å². The average molecular weight is 432 g/mol. The fraction of sp³-hybridized carbons (Fsp3) is 0.176. The summed E-state index contributed by atoms with van der Waals surface area (Å²) < 4.78 is 34.2. The Bertz CT molecular complexity index is 654. The highest BCUT2D eigenvalue weighted by Crippen LogP contribution is 2.24. The van der Waals surface area contributed by atoms with Gasteiger partial charge in [0.15, 0.2) is 11.6 Å². The second-order valence-electron chi connectivity index (χ2n) is 4.61. The SMILES string of the molecule is Fc1cc(OC/C=C/CBr)c(F)cc1Cc1ccc(Br)cc1. The molecule has 0 fully saturated rings. The number of alkyl halides is 1. The summed E-state index contributed by atoms with van der Waals surface area (Å²) in [5, 5.41) is 0.694. The molecule has 1 nitrogen and oxygen atoms in total. The molecule has 2 aromatic carbocycles. The van der Waals surface area contributed by atoms with Crippen LogP contribution in [0.5, 0.6) is 5.75 Å². The standard InChI is InChI=1S/C17H14Br2F2O/c18-7-1-2-8-22-17-11-15(20)13(10-16(17)21)9-12-3-5-14(19)6-4-12/h1-6,10-11H,7-9H2/b2-1+. The van der Waals surface area contributed by atoms with Crippen molar-refractivity contribution in [3.8, 4) is 5.75 Å². The Kier molecular flexibility index (Phi) is 6.58. The number of hydrogen-bond acceptors (Lipinski definition) is 1. The van der Waals surface area contributed by atoms with E-state index in [2.05, 4.69) is 31.9 Å². The van der Waals surface area contributed by atoms with Gasteiger partial charge < -0.3 is 4.74 Å². The highest BCUT2D eigenvalue weighted by Gasteiger charge is 2.11. The van der Waals surface area contributed by atoms with Crippen molar-refractivity contribution >= 4 is 31.9 Å². The minimum absolute atomic E-state index is 0.0729. The van der Waals surface area contributed by atoms with Gasteiger partial charge >= 0.3 is 0 Å². The maximum atomic E-state index is 14.1. The molecule has 116 valence electrons. The first-order chi connectivity index (χ1) is 10.6. The largest absolute Gasteiger partial charge is 0.486 e. The Hall–Kier alpha value is -1.20. The summed E-state index contributed by atoms with van der Waals surface area (Å²) in [5.74, 6) is -1.10. The van der Waals surface area contributed by atoms with Gasteiger partial charge in [-0.25, -0.2) is 8.78 Å². The van der Waals surface area contributed by atoms with Gasteiger partial charge in [0, 0.05) is 22.3 Å². The smallest absolute Gasteiger partial charge is 0.165 e. The van der Waals surface area contributed by atoms with E-state index < -0.39 is 11.6 Å². The van der Waals surface area contributed by atoms with Crippen LogP contribution in [0.15, 0.2) is 53.0 Å². The molecule has 0 N–H and O–H groups in total. The molecule has 0 amide bonds. The fourth-order valence-electron chi connectivity index (χ4n) is 1.91. The van der Waals surface area contributed by atoms with Crippen LogP contribution in [0, 0.1) is 11.6 Å². The Labute approximate surface area is 145 Å². The lowest BCUT2D eigenvalue weighted by Gasteiger charge is -2.09. The zero-order chi connectivity index (χ0) is 15.9. The van der Waals surface area contributed by atoms with E-state index in [4.69, 9.17) is 4.74 Å². The monoisotopic (exact) mass is 430 g/mol. The van der Waals surface area contributed by atoms with Crippen LogP contribution in [-0.4, -0.2) is 11.9 Å². The summed E-state index contributed by atoms with van der Waals surface area (Å²) in [4.78, 5) is 0. The predicted molar refractivity (Wildman–Crippen MR) is 91.7 cm³/mol. The molecular weight excluding hydrogens is 418 g/mol. The van der Waals surface area contributed by atoms with E-state index in [0.29, 0.717) is 17.3 Å². The second kappa shape index (κ2) is 8.44. The minimum Gasteiger partial charge on any atom is -0.486 e. The number of ether oxygens (including phenoxy) is 1. The molecule has 0 bridgehead atoms. The molecule has 5 heteroatoms. The van der Waals surface area contributed by atoms with Crippen molar-refractivity contribution in [2.45, 2.75) is 6.42 Å². The molecule has 2 rings (SSSR count).